The van der Waals surface area contributed by atoms with E-state index < -0.39 is 5.97 Å². The zero-order chi connectivity index (χ0) is 16.3. The van der Waals surface area contributed by atoms with Gasteiger partial charge in [-0.05, 0) is 47.7 Å². The van der Waals surface area contributed by atoms with Crippen molar-refractivity contribution in [1.82, 2.24) is 0 Å². The van der Waals surface area contributed by atoms with Crippen LogP contribution in [0.2, 0.25) is 0 Å². The van der Waals surface area contributed by atoms with Gasteiger partial charge in [-0.15, -0.1) is 0 Å². The number of halogens is 1. The molecule has 2 aromatic carbocycles. The minimum absolute atomic E-state index is 0.0261. The highest BCUT2D eigenvalue weighted by atomic mass is 19.1. The van der Waals surface area contributed by atoms with Gasteiger partial charge in [0, 0.05) is 5.69 Å². The van der Waals surface area contributed by atoms with Crippen LogP contribution >= 0.6 is 0 Å². The largest absolute Gasteiger partial charge is 0.478 e. The fraction of sp³-hybridized carbons (Fsp3) is 0.222. The van der Waals surface area contributed by atoms with E-state index in [-0.39, 0.29) is 34.8 Å². The highest BCUT2D eigenvalue weighted by Crippen LogP contribution is 2.50. The van der Waals surface area contributed by atoms with Crippen LogP contribution < -0.4 is 4.90 Å². The Bertz CT molecular complexity index is 861. The summed E-state index contributed by atoms with van der Waals surface area (Å²) in [5.74, 6) is -1.66. The summed E-state index contributed by atoms with van der Waals surface area (Å²) < 4.78 is 13.6. The maximum Gasteiger partial charge on any atom is 0.336 e. The van der Waals surface area contributed by atoms with Crippen molar-refractivity contribution in [2.75, 3.05) is 4.90 Å². The molecule has 0 saturated heterocycles. The number of carboxylic acids is 1. The Morgan fingerprint density at radius 1 is 1.26 bits per heavy atom. The molecule has 0 saturated carbocycles. The Morgan fingerprint density at radius 3 is 2.78 bits per heavy atom. The molecule has 2 aliphatic rings. The lowest BCUT2D eigenvalue weighted by molar-refractivity contribution is 0.0692. The van der Waals surface area contributed by atoms with Gasteiger partial charge in [-0.1, -0.05) is 19.1 Å². The Balaban J connectivity index is 1.94. The molecule has 0 aliphatic carbocycles. The molecule has 4 nitrogen and oxygen atoms in total. The van der Waals surface area contributed by atoms with Crippen LogP contribution in [0.25, 0.3) is 0 Å². The van der Waals surface area contributed by atoms with E-state index in [4.69, 9.17) is 0 Å². The smallest absolute Gasteiger partial charge is 0.336 e. The summed E-state index contributed by atoms with van der Waals surface area (Å²) in [5.41, 5.74) is 2.50. The number of carboxylic acid groups (broad SMARTS) is 1. The Hall–Kier alpha value is -2.69. The van der Waals surface area contributed by atoms with Crippen molar-refractivity contribution in [3.05, 3.63) is 64.5 Å². The zero-order valence-corrected chi connectivity index (χ0v) is 12.4. The van der Waals surface area contributed by atoms with Crippen molar-refractivity contribution in [3.8, 4) is 0 Å². The molecule has 116 valence electrons. The zero-order valence-electron chi connectivity index (χ0n) is 12.4. The molecular formula is C18H14FNO3. The molecule has 0 fully saturated rings. The third-order valence-electron chi connectivity index (χ3n) is 4.79. The molecule has 2 aromatic rings. The number of carbonyl (C=O) groups is 2. The number of hydrogen-bond donors (Lipinski definition) is 1. The predicted octanol–water partition coefficient (Wildman–Crippen LogP) is 3.73. The third-order valence-corrected chi connectivity index (χ3v) is 4.79. The lowest BCUT2D eigenvalue weighted by Crippen LogP contribution is -2.33. The minimum atomic E-state index is -1.11. The van der Waals surface area contributed by atoms with Crippen molar-refractivity contribution in [1.29, 1.82) is 0 Å². The standard InChI is InChI=1S/C18H14FNO3/c1-9-7-15-11-3-2-4-12(18(22)23)16(11)17(21)20(15)14-6-5-10(19)8-13(9)14/h2-6,8-9,15H,7H2,1H3,(H,22,23)/t9-,15-/m1/s1. The van der Waals surface area contributed by atoms with E-state index in [2.05, 4.69) is 0 Å². The molecule has 0 unspecified atom stereocenters. The second kappa shape index (κ2) is 4.65. The Morgan fingerprint density at radius 2 is 2.04 bits per heavy atom. The number of rotatable bonds is 1. The van der Waals surface area contributed by atoms with Gasteiger partial charge in [-0.3, -0.25) is 4.79 Å². The average Bonchev–Trinajstić information content (AvgIpc) is 2.81. The normalized spacial score (nSPS) is 21.7. The van der Waals surface area contributed by atoms with Crippen LogP contribution in [0.3, 0.4) is 0 Å². The summed E-state index contributed by atoms with van der Waals surface area (Å²) >= 11 is 0. The minimum Gasteiger partial charge on any atom is -0.478 e. The van der Waals surface area contributed by atoms with E-state index >= 15 is 0 Å². The second-order valence-electron chi connectivity index (χ2n) is 6.11. The quantitative estimate of drug-likeness (QED) is 0.873. The lowest BCUT2D eigenvalue weighted by atomic mass is 9.85. The average molecular weight is 311 g/mol. The van der Waals surface area contributed by atoms with E-state index in [0.717, 1.165) is 11.1 Å². The first-order valence-corrected chi connectivity index (χ1v) is 7.48. The molecule has 2 aliphatic heterocycles. The lowest BCUT2D eigenvalue weighted by Gasteiger charge is -2.35. The van der Waals surface area contributed by atoms with Gasteiger partial charge in [0.1, 0.15) is 5.82 Å². The first-order chi connectivity index (χ1) is 11.0. The number of hydrogen-bond acceptors (Lipinski definition) is 2. The van der Waals surface area contributed by atoms with Crippen LogP contribution in [0.15, 0.2) is 36.4 Å². The topological polar surface area (TPSA) is 57.6 Å². The van der Waals surface area contributed by atoms with Crippen LogP contribution in [0.5, 0.6) is 0 Å². The van der Waals surface area contributed by atoms with Gasteiger partial charge in [-0.25, -0.2) is 9.18 Å². The van der Waals surface area contributed by atoms with Crippen LogP contribution in [0.4, 0.5) is 10.1 Å². The second-order valence-corrected chi connectivity index (χ2v) is 6.11. The van der Waals surface area contributed by atoms with Crippen molar-refractivity contribution in [2.45, 2.75) is 25.3 Å². The maximum absolute atomic E-state index is 13.6. The first-order valence-electron chi connectivity index (χ1n) is 7.48. The molecule has 5 heteroatoms. The summed E-state index contributed by atoms with van der Waals surface area (Å²) in [7, 11) is 0. The summed E-state index contributed by atoms with van der Waals surface area (Å²) in [4.78, 5) is 25.9. The van der Waals surface area contributed by atoms with E-state index in [9.17, 15) is 19.1 Å². The molecule has 2 heterocycles. The molecular weight excluding hydrogens is 297 g/mol. The predicted molar refractivity (Wildman–Crippen MR) is 82.4 cm³/mol. The fourth-order valence-corrected chi connectivity index (χ4v) is 3.78. The summed E-state index contributed by atoms with van der Waals surface area (Å²) in [6.45, 7) is 2.00. The van der Waals surface area contributed by atoms with Gasteiger partial charge < -0.3 is 10.0 Å². The van der Waals surface area contributed by atoms with Crippen molar-refractivity contribution < 1.29 is 19.1 Å². The van der Waals surface area contributed by atoms with Crippen LogP contribution in [0, 0.1) is 5.82 Å². The maximum atomic E-state index is 13.6. The van der Waals surface area contributed by atoms with E-state index in [1.165, 1.54) is 18.2 Å². The molecule has 0 spiro atoms. The number of benzene rings is 2. The molecule has 4 rings (SSSR count). The summed E-state index contributed by atoms with van der Waals surface area (Å²) in [6.07, 6.45) is 0.651. The van der Waals surface area contributed by atoms with Gasteiger partial charge in [0.15, 0.2) is 0 Å². The molecule has 0 radical (unpaired) electrons. The summed E-state index contributed by atoms with van der Waals surface area (Å²) in [5, 5.41) is 9.36. The molecule has 1 N–H and O–H groups in total. The first kappa shape index (κ1) is 13.9. The van der Waals surface area contributed by atoms with Crippen molar-refractivity contribution in [2.24, 2.45) is 0 Å². The SMILES string of the molecule is C[C@@H]1C[C@@H]2c3cccc(C(=O)O)c3C(=O)N2c2ccc(F)cc21. The van der Waals surface area contributed by atoms with Gasteiger partial charge in [0.25, 0.3) is 5.91 Å². The van der Waals surface area contributed by atoms with E-state index in [1.54, 1.807) is 17.0 Å². The van der Waals surface area contributed by atoms with E-state index in [0.29, 0.717) is 12.1 Å². The number of fused-ring (bicyclic) bond motifs is 5. The molecule has 2 atom stereocenters. The third kappa shape index (κ3) is 1.82. The number of anilines is 1. The monoisotopic (exact) mass is 311 g/mol. The van der Waals surface area contributed by atoms with Crippen LogP contribution in [-0.4, -0.2) is 17.0 Å². The number of nitrogens with zero attached hydrogens (tertiary/aromatic N) is 1. The molecule has 0 aromatic heterocycles. The number of amides is 1. The Labute approximate surface area is 132 Å². The van der Waals surface area contributed by atoms with Gasteiger partial charge >= 0.3 is 5.97 Å². The fourth-order valence-electron chi connectivity index (χ4n) is 3.78. The molecule has 0 bridgehead atoms. The summed E-state index contributed by atoms with van der Waals surface area (Å²) in [6, 6.07) is 9.15. The number of carbonyl (C=O) groups excluding carboxylic acids is 1. The molecule has 1 amide bonds. The highest BCUT2D eigenvalue weighted by Gasteiger charge is 2.44. The van der Waals surface area contributed by atoms with Gasteiger partial charge in [0.2, 0.25) is 0 Å². The Kier molecular flexibility index (Phi) is 2.82. The van der Waals surface area contributed by atoms with Gasteiger partial charge in [-0.2, -0.15) is 0 Å². The number of aromatic carboxylic acids is 1. The van der Waals surface area contributed by atoms with Crippen LogP contribution in [-0.2, 0) is 0 Å². The van der Waals surface area contributed by atoms with Crippen molar-refractivity contribution >= 4 is 17.6 Å². The van der Waals surface area contributed by atoms with Crippen LogP contribution in [0.1, 0.15) is 57.1 Å². The highest BCUT2D eigenvalue weighted by molar-refractivity contribution is 6.16. The van der Waals surface area contributed by atoms with Crippen molar-refractivity contribution in [3.63, 3.8) is 0 Å². The van der Waals surface area contributed by atoms with E-state index in [1.807, 2.05) is 13.0 Å². The molecule has 23 heavy (non-hydrogen) atoms. The van der Waals surface area contributed by atoms with Gasteiger partial charge in [0.05, 0.1) is 17.2 Å².